The average molecular weight is 264 g/mol. The van der Waals surface area contributed by atoms with Crippen molar-refractivity contribution in [2.75, 3.05) is 26.2 Å². The molecule has 0 spiro atoms. The van der Waals surface area contributed by atoms with Crippen LogP contribution < -0.4 is 0 Å². The summed E-state index contributed by atoms with van der Waals surface area (Å²) < 4.78 is 13.6. The summed E-state index contributed by atoms with van der Waals surface area (Å²) in [6, 6.07) is 7.83. The van der Waals surface area contributed by atoms with E-state index in [4.69, 9.17) is 0 Å². The third kappa shape index (κ3) is 3.77. The van der Waals surface area contributed by atoms with Gasteiger partial charge in [-0.05, 0) is 18.9 Å². The van der Waals surface area contributed by atoms with E-state index in [0.29, 0.717) is 0 Å². The highest BCUT2D eigenvalue weighted by atomic mass is 19.1. The lowest BCUT2D eigenvalue weighted by molar-refractivity contribution is 0.0875. The molecule has 19 heavy (non-hydrogen) atoms. The maximum absolute atomic E-state index is 13.6. The van der Waals surface area contributed by atoms with Crippen LogP contribution in [0.2, 0.25) is 0 Å². The second-order valence-corrected chi connectivity index (χ2v) is 5.37. The van der Waals surface area contributed by atoms with E-state index in [1.165, 1.54) is 12.8 Å². The van der Waals surface area contributed by atoms with Gasteiger partial charge in [-0.1, -0.05) is 32.0 Å². The number of hydrogen-bond acceptors (Lipinski definition) is 2. The lowest BCUT2D eigenvalue weighted by Crippen LogP contribution is -2.49. The maximum atomic E-state index is 13.6. The van der Waals surface area contributed by atoms with Crippen molar-refractivity contribution >= 4 is 0 Å². The first kappa shape index (κ1) is 14.5. The Balaban J connectivity index is 1.85. The van der Waals surface area contributed by atoms with Gasteiger partial charge < -0.3 is 0 Å². The van der Waals surface area contributed by atoms with Gasteiger partial charge in [0.2, 0.25) is 0 Å². The normalized spacial score (nSPS) is 18.1. The van der Waals surface area contributed by atoms with Crippen LogP contribution in [0.5, 0.6) is 0 Å². The molecule has 2 nitrogen and oxygen atoms in total. The number of benzene rings is 1. The number of piperazine rings is 1. The number of nitrogens with zero attached hydrogens (tertiary/aromatic N) is 2. The standard InChI is InChI=1S/C16H25FN2/c1-3-15(4-2)19-11-9-18(10-12-19)13-14-7-5-6-8-16(14)17/h5-8,15H,3-4,9-13H2,1-2H3. The summed E-state index contributed by atoms with van der Waals surface area (Å²) in [6.07, 6.45) is 2.45. The minimum absolute atomic E-state index is 0.0788. The van der Waals surface area contributed by atoms with E-state index < -0.39 is 0 Å². The quantitative estimate of drug-likeness (QED) is 0.806. The topological polar surface area (TPSA) is 6.48 Å². The molecule has 3 heteroatoms. The zero-order chi connectivity index (χ0) is 13.7. The molecular weight excluding hydrogens is 239 g/mol. The van der Waals surface area contributed by atoms with Gasteiger partial charge >= 0.3 is 0 Å². The Morgan fingerprint density at radius 2 is 1.68 bits per heavy atom. The molecule has 0 N–H and O–H groups in total. The molecule has 1 saturated heterocycles. The summed E-state index contributed by atoms with van der Waals surface area (Å²) in [5, 5.41) is 0. The average Bonchev–Trinajstić information content (AvgIpc) is 2.44. The van der Waals surface area contributed by atoms with Crippen LogP contribution >= 0.6 is 0 Å². The van der Waals surface area contributed by atoms with E-state index in [-0.39, 0.29) is 5.82 Å². The first-order valence-electron chi connectivity index (χ1n) is 7.44. The van der Waals surface area contributed by atoms with Crippen molar-refractivity contribution in [1.82, 2.24) is 9.80 Å². The molecule has 0 atom stereocenters. The molecule has 0 saturated carbocycles. The number of rotatable bonds is 5. The molecule has 1 aliphatic rings. The molecular formula is C16H25FN2. The Morgan fingerprint density at radius 3 is 2.26 bits per heavy atom. The van der Waals surface area contributed by atoms with Gasteiger partial charge in [-0.2, -0.15) is 0 Å². The van der Waals surface area contributed by atoms with Crippen molar-refractivity contribution in [3.63, 3.8) is 0 Å². The van der Waals surface area contributed by atoms with Crippen LogP contribution in [0.1, 0.15) is 32.3 Å². The van der Waals surface area contributed by atoms with Crippen LogP contribution in [0, 0.1) is 5.82 Å². The molecule has 0 aliphatic carbocycles. The first-order valence-corrected chi connectivity index (χ1v) is 7.44. The summed E-state index contributed by atoms with van der Waals surface area (Å²) in [7, 11) is 0. The maximum Gasteiger partial charge on any atom is 0.127 e. The van der Waals surface area contributed by atoms with Crippen LogP contribution in [-0.4, -0.2) is 42.0 Å². The Bertz CT molecular complexity index is 382. The molecule has 1 fully saturated rings. The van der Waals surface area contributed by atoms with Gasteiger partial charge in [-0.25, -0.2) is 4.39 Å². The van der Waals surface area contributed by atoms with Gasteiger partial charge in [0.25, 0.3) is 0 Å². The molecule has 1 heterocycles. The van der Waals surface area contributed by atoms with Crippen LogP contribution in [-0.2, 0) is 6.54 Å². The van der Waals surface area contributed by atoms with E-state index in [1.54, 1.807) is 12.1 Å². The lowest BCUT2D eigenvalue weighted by Gasteiger charge is -2.38. The fourth-order valence-electron chi connectivity index (χ4n) is 2.96. The monoisotopic (exact) mass is 264 g/mol. The van der Waals surface area contributed by atoms with Gasteiger partial charge in [0.1, 0.15) is 5.82 Å². The van der Waals surface area contributed by atoms with E-state index in [2.05, 4.69) is 23.6 Å². The highest BCUT2D eigenvalue weighted by Gasteiger charge is 2.21. The highest BCUT2D eigenvalue weighted by Crippen LogP contribution is 2.15. The summed E-state index contributed by atoms with van der Waals surface area (Å²) in [4.78, 5) is 4.94. The largest absolute Gasteiger partial charge is 0.298 e. The summed E-state index contributed by atoms with van der Waals surface area (Å²) in [6.45, 7) is 9.58. The smallest absolute Gasteiger partial charge is 0.127 e. The first-order chi connectivity index (χ1) is 9.24. The molecule has 0 bridgehead atoms. The van der Waals surface area contributed by atoms with Crippen LogP contribution in [0.25, 0.3) is 0 Å². The lowest BCUT2D eigenvalue weighted by atomic mass is 10.1. The van der Waals surface area contributed by atoms with Gasteiger partial charge in [0.05, 0.1) is 0 Å². The summed E-state index contributed by atoms with van der Waals surface area (Å²) in [5.41, 5.74) is 0.818. The van der Waals surface area contributed by atoms with E-state index in [1.807, 2.05) is 12.1 Å². The molecule has 0 amide bonds. The second-order valence-electron chi connectivity index (χ2n) is 5.37. The molecule has 0 unspecified atom stereocenters. The molecule has 106 valence electrons. The van der Waals surface area contributed by atoms with Gasteiger partial charge in [-0.15, -0.1) is 0 Å². The SMILES string of the molecule is CCC(CC)N1CCN(Cc2ccccc2F)CC1. The Kier molecular flexibility index (Phi) is 5.34. The fraction of sp³-hybridized carbons (Fsp3) is 0.625. The van der Waals surface area contributed by atoms with Crippen molar-refractivity contribution in [3.8, 4) is 0 Å². The molecule has 0 radical (unpaired) electrons. The van der Waals surface area contributed by atoms with Crippen LogP contribution in [0.15, 0.2) is 24.3 Å². The predicted octanol–water partition coefficient (Wildman–Crippen LogP) is 3.13. The zero-order valence-corrected chi connectivity index (χ0v) is 12.1. The molecule has 2 rings (SSSR count). The van der Waals surface area contributed by atoms with E-state index >= 15 is 0 Å². The third-order valence-corrected chi connectivity index (χ3v) is 4.22. The van der Waals surface area contributed by atoms with Crippen LogP contribution in [0.4, 0.5) is 4.39 Å². The molecule has 1 aliphatic heterocycles. The van der Waals surface area contributed by atoms with Gasteiger partial charge in [0.15, 0.2) is 0 Å². The molecule has 1 aromatic carbocycles. The van der Waals surface area contributed by atoms with Crippen molar-refractivity contribution < 1.29 is 4.39 Å². The van der Waals surface area contributed by atoms with Gasteiger partial charge in [0, 0.05) is 44.3 Å². The Hall–Kier alpha value is -0.930. The summed E-state index contributed by atoms with van der Waals surface area (Å²) >= 11 is 0. The fourth-order valence-corrected chi connectivity index (χ4v) is 2.96. The zero-order valence-electron chi connectivity index (χ0n) is 12.1. The van der Waals surface area contributed by atoms with Gasteiger partial charge in [-0.3, -0.25) is 9.80 Å². The minimum atomic E-state index is -0.0788. The van der Waals surface area contributed by atoms with Crippen LogP contribution in [0.3, 0.4) is 0 Å². The molecule has 0 aromatic heterocycles. The molecule has 1 aromatic rings. The van der Waals surface area contributed by atoms with Crippen molar-refractivity contribution in [1.29, 1.82) is 0 Å². The predicted molar refractivity (Wildman–Crippen MR) is 77.6 cm³/mol. The number of hydrogen-bond donors (Lipinski definition) is 0. The Labute approximate surface area is 116 Å². The Morgan fingerprint density at radius 1 is 1.05 bits per heavy atom. The highest BCUT2D eigenvalue weighted by molar-refractivity contribution is 5.17. The van der Waals surface area contributed by atoms with E-state index in [9.17, 15) is 4.39 Å². The minimum Gasteiger partial charge on any atom is -0.298 e. The number of halogens is 1. The second kappa shape index (κ2) is 7.01. The van der Waals surface area contributed by atoms with E-state index in [0.717, 1.165) is 44.3 Å². The summed E-state index contributed by atoms with van der Waals surface area (Å²) in [5.74, 6) is -0.0788. The van der Waals surface area contributed by atoms with Crippen molar-refractivity contribution in [2.24, 2.45) is 0 Å². The van der Waals surface area contributed by atoms with Crippen molar-refractivity contribution in [2.45, 2.75) is 39.3 Å². The van der Waals surface area contributed by atoms with Crippen molar-refractivity contribution in [3.05, 3.63) is 35.6 Å². The third-order valence-electron chi connectivity index (χ3n) is 4.22.